The van der Waals surface area contributed by atoms with Gasteiger partial charge in [0.25, 0.3) is 0 Å². The van der Waals surface area contributed by atoms with Gasteiger partial charge in [-0.3, -0.25) is 9.59 Å². The van der Waals surface area contributed by atoms with Crippen molar-refractivity contribution >= 4 is 11.6 Å². The molecular weight excluding hydrogens is 276 g/mol. The zero-order chi connectivity index (χ0) is 15.5. The van der Waals surface area contributed by atoms with Gasteiger partial charge < -0.3 is 5.11 Å². The normalized spacial score (nSPS) is 50.5. The van der Waals surface area contributed by atoms with Crippen molar-refractivity contribution < 1.29 is 14.7 Å². The number of fused-ring (bicyclic) bond motifs is 5. The maximum absolute atomic E-state index is 12.8. The summed E-state index contributed by atoms with van der Waals surface area (Å²) in [4.78, 5) is 25.1. The fourth-order valence-electron chi connectivity index (χ4n) is 6.68. The maximum Gasteiger partial charge on any atom is 0.165 e. The molecule has 0 bridgehead atoms. The van der Waals surface area contributed by atoms with E-state index < -0.39 is 5.41 Å². The second-order valence-electron chi connectivity index (χ2n) is 8.39. The molecule has 22 heavy (non-hydrogen) atoms. The van der Waals surface area contributed by atoms with Crippen molar-refractivity contribution in [2.24, 2.45) is 34.5 Å². The first-order valence-corrected chi connectivity index (χ1v) is 8.90. The molecule has 3 fully saturated rings. The second kappa shape index (κ2) is 4.77. The van der Waals surface area contributed by atoms with E-state index in [-0.39, 0.29) is 30.0 Å². The number of carbonyl (C=O) groups excluding carboxylic acids is 2. The van der Waals surface area contributed by atoms with Crippen molar-refractivity contribution in [3.05, 3.63) is 12.2 Å². The van der Waals surface area contributed by atoms with Gasteiger partial charge in [-0.2, -0.15) is 0 Å². The molecule has 3 saturated carbocycles. The highest BCUT2D eigenvalue weighted by molar-refractivity contribution is 6.09. The summed E-state index contributed by atoms with van der Waals surface area (Å²) in [7, 11) is 0. The fraction of sp³-hybridized carbons (Fsp3) is 0.789. The zero-order valence-electron chi connectivity index (χ0n) is 13.4. The number of hydrogen-bond donors (Lipinski definition) is 1. The SMILES string of the molecule is C[C@@]12CCC[C@H]1[C@@H]1CCC3C(=O)C=CC(=O)[C@]3(CO)[C@H]1CC2. The maximum atomic E-state index is 12.8. The van der Waals surface area contributed by atoms with Crippen LogP contribution in [0.25, 0.3) is 0 Å². The Kier molecular flexibility index (Phi) is 3.17. The number of ketones is 2. The summed E-state index contributed by atoms with van der Waals surface area (Å²) in [5.74, 6) is 1.20. The molecule has 6 atom stereocenters. The number of hydrogen-bond acceptors (Lipinski definition) is 3. The summed E-state index contributed by atoms with van der Waals surface area (Å²) < 4.78 is 0. The lowest BCUT2D eigenvalue weighted by molar-refractivity contribution is -0.162. The first-order valence-electron chi connectivity index (χ1n) is 8.90. The fourth-order valence-corrected chi connectivity index (χ4v) is 6.68. The van der Waals surface area contributed by atoms with Gasteiger partial charge in [0.15, 0.2) is 11.6 Å². The van der Waals surface area contributed by atoms with E-state index in [0.717, 1.165) is 25.7 Å². The molecule has 4 rings (SSSR count). The topological polar surface area (TPSA) is 54.4 Å². The minimum absolute atomic E-state index is 0.0101. The van der Waals surface area contributed by atoms with Gasteiger partial charge in [-0.05, 0) is 73.8 Å². The molecular formula is C19H26O3. The van der Waals surface area contributed by atoms with Gasteiger partial charge in [0.05, 0.1) is 12.0 Å². The molecule has 0 heterocycles. The molecule has 1 N–H and O–H groups in total. The van der Waals surface area contributed by atoms with E-state index in [2.05, 4.69) is 6.92 Å². The first-order chi connectivity index (χ1) is 10.5. The zero-order valence-corrected chi connectivity index (χ0v) is 13.4. The van der Waals surface area contributed by atoms with Gasteiger partial charge in [0.2, 0.25) is 0 Å². The monoisotopic (exact) mass is 302 g/mol. The van der Waals surface area contributed by atoms with Crippen molar-refractivity contribution in [3.8, 4) is 0 Å². The summed E-state index contributed by atoms with van der Waals surface area (Å²) in [6.07, 6.45) is 10.8. The van der Waals surface area contributed by atoms with Crippen LogP contribution in [0.4, 0.5) is 0 Å². The smallest absolute Gasteiger partial charge is 0.165 e. The van der Waals surface area contributed by atoms with Gasteiger partial charge in [0.1, 0.15) is 0 Å². The average Bonchev–Trinajstić information content (AvgIpc) is 2.92. The Bertz CT molecular complexity index is 551. The van der Waals surface area contributed by atoms with Gasteiger partial charge in [-0.15, -0.1) is 0 Å². The summed E-state index contributed by atoms with van der Waals surface area (Å²) in [6, 6.07) is 0. The Hall–Kier alpha value is -0.960. The molecule has 4 aliphatic rings. The van der Waals surface area contributed by atoms with Crippen LogP contribution in [0.15, 0.2) is 12.2 Å². The molecule has 120 valence electrons. The van der Waals surface area contributed by atoms with E-state index in [4.69, 9.17) is 0 Å². The summed E-state index contributed by atoms with van der Waals surface area (Å²) in [5, 5.41) is 10.2. The molecule has 0 saturated heterocycles. The van der Waals surface area contributed by atoms with E-state index in [9.17, 15) is 14.7 Å². The van der Waals surface area contributed by atoms with Crippen LogP contribution in [0, 0.1) is 34.5 Å². The lowest BCUT2D eigenvalue weighted by Gasteiger charge is -2.58. The summed E-state index contributed by atoms with van der Waals surface area (Å²) >= 11 is 0. The molecule has 0 radical (unpaired) electrons. The molecule has 4 aliphatic carbocycles. The number of rotatable bonds is 1. The van der Waals surface area contributed by atoms with E-state index in [0.29, 0.717) is 17.3 Å². The highest BCUT2D eigenvalue weighted by Gasteiger charge is 2.62. The molecule has 0 aromatic rings. The van der Waals surface area contributed by atoms with Gasteiger partial charge >= 0.3 is 0 Å². The van der Waals surface area contributed by atoms with Crippen LogP contribution in [-0.4, -0.2) is 23.3 Å². The summed E-state index contributed by atoms with van der Waals surface area (Å²) in [5.41, 5.74) is -0.374. The van der Waals surface area contributed by atoms with E-state index in [1.54, 1.807) is 0 Å². The minimum atomic E-state index is -0.807. The number of allylic oxidation sites excluding steroid dienone is 2. The minimum Gasteiger partial charge on any atom is -0.395 e. The standard InChI is InChI=1S/C19H26O3/c1-18-9-2-3-13(18)12-4-5-15-16(21)6-7-17(22)19(15,11-20)14(12)8-10-18/h6-7,12-15,20H,2-5,8-11H2,1H3/t12-,13-,14-,15?,18-,19+/m0/s1. The molecule has 1 unspecified atom stereocenters. The van der Waals surface area contributed by atoms with E-state index >= 15 is 0 Å². The van der Waals surface area contributed by atoms with Gasteiger partial charge in [-0.25, -0.2) is 0 Å². The first kappa shape index (κ1) is 14.6. The van der Waals surface area contributed by atoms with Crippen LogP contribution in [0.1, 0.15) is 51.9 Å². The molecule has 0 aliphatic heterocycles. The van der Waals surface area contributed by atoms with Crippen LogP contribution in [0.5, 0.6) is 0 Å². The Morgan fingerprint density at radius 2 is 1.91 bits per heavy atom. The Morgan fingerprint density at radius 3 is 2.68 bits per heavy atom. The number of aliphatic hydroxyl groups is 1. The van der Waals surface area contributed by atoms with Crippen molar-refractivity contribution in [1.29, 1.82) is 0 Å². The molecule has 0 aromatic carbocycles. The Morgan fingerprint density at radius 1 is 1.09 bits per heavy atom. The predicted molar refractivity (Wildman–Crippen MR) is 83.1 cm³/mol. The Labute approximate surface area is 132 Å². The van der Waals surface area contributed by atoms with E-state index in [1.807, 2.05) is 0 Å². The highest BCUT2D eigenvalue weighted by Crippen LogP contribution is 2.64. The average molecular weight is 302 g/mol. The molecule has 0 amide bonds. The Balaban J connectivity index is 1.77. The quantitative estimate of drug-likeness (QED) is 0.810. The van der Waals surface area contributed by atoms with Crippen molar-refractivity contribution in [1.82, 2.24) is 0 Å². The third-order valence-electron chi connectivity index (χ3n) is 7.75. The van der Waals surface area contributed by atoms with E-state index in [1.165, 1.54) is 31.4 Å². The van der Waals surface area contributed by atoms with Gasteiger partial charge in [-0.1, -0.05) is 13.3 Å². The van der Waals surface area contributed by atoms with Crippen LogP contribution in [0.2, 0.25) is 0 Å². The molecule has 0 spiro atoms. The van der Waals surface area contributed by atoms with Crippen molar-refractivity contribution in [2.75, 3.05) is 6.61 Å². The molecule has 3 heteroatoms. The van der Waals surface area contributed by atoms with Crippen LogP contribution in [-0.2, 0) is 9.59 Å². The largest absolute Gasteiger partial charge is 0.395 e. The number of aliphatic hydroxyl groups excluding tert-OH is 1. The molecule has 3 nitrogen and oxygen atoms in total. The lowest BCUT2D eigenvalue weighted by Crippen LogP contribution is -2.59. The predicted octanol–water partition coefficient (Wildman–Crippen LogP) is 2.92. The third-order valence-corrected chi connectivity index (χ3v) is 7.75. The van der Waals surface area contributed by atoms with Crippen molar-refractivity contribution in [2.45, 2.75) is 51.9 Å². The highest BCUT2D eigenvalue weighted by atomic mass is 16.3. The van der Waals surface area contributed by atoms with Gasteiger partial charge in [0, 0.05) is 5.92 Å². The number of carbonyl (C=O) groups is 2. The second-order valence-corrected chi connectivity index (χ2v) is 8.39. The van der Waals surface area contributed by atoms with Crippen LogP contribution >= 0.6 is 0 Å². The van der Waals surface area contributed by atoms with Crippen LogP contribution in [0.3, 0.4) is 0 Å². The van der Waals surface area contributed by atoms with Crippen molar-refractivity contribution in [3.63, 3.8) is 0 Å². The summed E-state index contributed by atoms with van der Waals surface area (Å²) in [6.45, 7) is 2.27. The third kappa shape index (κ3) is 1.66. The molecule has 0 aromatic heterocycles. The lowest BCUT2D eigenvalue weighted by atomic mass is 9.45. The van der Waals surface area contributed by atoms with Crippen LogP contribution < -0.4 is 0 Å².